The average Bonchev–Trinajstić information content (AvgIpc) is 3.17. The molecule has 0 aliphatic heterocycles. The number of hydrogen-bond donors (Lipinski definition) is 2. The first-order valence-electron chi connectivity index (χ1n) is 8.89. The molecular weight excluding hydrogens is 370 g/mol. The maximum atomic E-state index is 11.7. The quantitative estimate of drug-likeness (QED) is 0.506. The molecule has 4 rings (SSSR count). The van der Waals surface area contributed by atoms with E-state index in [0.717, 1.165) is 5.56 Å². The summed E-state index contributed by atoms with van der Waals surface area (Å²) in [7, 11) is 3.68. The molecule has 3 N–H and O–H groups in total. The van der Waals surface area contributed by atoms with Gasteiger partial charge in [0.2, 0.25) is 11.9 Å². The van der Waals surface area contributed by atoms with Gasteiger partial charge in [-0.1, -0.05) is 41.6 Å². The number of carbonyl (C=O) groups is 1. The van der Waals surface area contributed by atoms with Crippen LogP contribution in [0.4, 0.5) is 11.9 Å². The lowest BCUT2D eigenvalue weighted by atomic mass is 10.2. The number of benzene rings is 1. The van der Waals surface area contributed by atoms with E-state index < -0.39 is 5.91 Å². The van der Waals surface area contributed by atoms with Crippen molar-refractivity contribution in [2.45, 2.75) is 6.54 Å². The maximum Gasteiger partial charge on any atom is 0.267 e. The van der Waals surface area contributed by atoms with Crippen LogP contribution in [0.1, 0.15) is 16.1 Å². The molecule has 0 spiro atoms. The molecule has 0 aliphatic carbocycles. The van der Waals surface area contributed by atoms with Crippen LogP contribution >= 0.6 is 0 Å². The molecule has 0 fully saturated rings. The van der Waals surface area contributed by atoms with Gasteiger partial charge in [-0.2, -0.15) is 15.0 Å². The summed E-state index contributed by atoms with van der Waals surface area (Å²) in [4.78, 5) is 26.9. The first-order valence-corrected chi connectivity index (χ1v) is 8.89. The minimum absolute atomic E-state index is 0.227. The van der Waals surface area contributed by atoms with Crippen molar-refractivity contribution < 1.29 is 4.79 Å². The lowest BCUT2D eigenvalue weighted by Crippen LogP contribution is -2.16. The van der Waals surface area contributed by atoms with Crippen LogP contribution in [0.3, 0.4) is 0 Å². The van der Waals surface area contributed by atoms with Crippen molar-refractivity contribution >= 4 is 23.3 Å². The molecule has 0 bridgehead atoms. The minimum atomic E-state index is -0.595. The number of rotatable bonds is 6. The van der Waals surface area contributed by atoms with Gasteiger partial charge in [0.05, 0.1) is 5.52 Å². The Morgan fingerprint density at radius 2 is 1.86 bits per heavy atom. The number of nitrogens with two attached hydrogens (primary N) is 1. The summed E-state index contributed by atoms with van der Waals surface area (Å²) in [6.45, 7) is 0.561. The van der Waals surface area contributed by atoms with Crippen LogP contribution in [0.15, 0.2) is 48.5 Å². The van der Waals surface area contributed by atoms with Gasteiger partial charge < -0.3 is 16.0 Å². The van der Waals surface area contributed by atoms with Gasteiger partial charge in [0.1, 0.15) is 5.69 Å². The van der Waals surface area contributed by atoms with Crippen molar-refractivity contribution in [3.63, 3.8) is 0 Å². The summed E-state index contributed by atoms with van der Waals surface area (Å²) >= 11 is 0. The van der Waals surface area contributed by atoms with Gasteiger partial charge in [-0.25, -0.2) is 4.52 Å². The molecule has 10 heteroatoms. The second kappa shape index (κ2) is 7.50. The zero-order chi connectivity index (χ0) is 20.4. The Labute approximate surface area is 166 Å². The Morgan fingerprint density at radius 3 is 2.59 bits per heavy atom. The van der Waals surface area contributed by atoms with Crippen molar-refractivity contribution in [2.75, 3.05) is 24.3 Å². The van der Waals surface area contributed by atoms with E-state index in [-0.39, 0.29) is 5.69 Å². The van der Waals surface area contributed by atoms with Crippen LogP contribution < -0.4 is 16.0 Å². The SMILES string of the molecule is CN(C)c1nc(NCc2ccccc2)nc(-c2nnn3c(C(N)=O)cccc23)n1. The summed E-state index contributed by atoms with van der Waals surface area (Å²) in [5, 5.41) is 11.4. The van der Waals surface area contributed by atoms with Gasteiger partial charge in [0, 0.05) is 20.6 Å². The normalized spacial score (nSPS) is 10.8. The highest BCUT2D eigenvalue weighted by molar-refractivity contribution is 5.92. The van der Waals surface area contributed by atoms with Gasteiger partial charge in [-0.05, 0) is 17.7 Å². The lowest BCUT2D eigenvalue weighted by Gasteiger charge is -2.13. The van der Waals surface area contributed by atoms with Gasteiger partial charge in [-0.3, -0.25) is 4.79 Å². The van der Waals surface area contributed by atoms with Gasteiger partial charge in [0.15, 0.2) is 11.5 Å². The molecule has 1 amide bonds. The monoisotopic (exact) mass is 389 g/mol. The van der Waals surface area contributed by atoms with E-state index in [1.807, 2.05) is 44.4 Å². The van der Waals surface area contributed by atoms with Crippen LogP contribution in [-0.4, -0.2) is 49.8 Å². The Hall–Kier alpha value is -4.08. The summed E-state index contributed by atoms with van der Waals surface area (Å²) in [5.74, 6) is 0.630. The molecule has 1 aromatic carbocycles. The van der Waals surface area contributed by atoms with Crippen LogP contribution in [-0.2, 0) is 6.54 Å². The standard InChI is InChI=1S/C19H19N9O/c1-27(2)19-23-17(22-18(24-19)21-11-12-7-4-3-5-8-12)15-13-9-6-10-14(16(20)29)28(13)26-25-15/h3-10H,11H2,1-2H3,(H2,20,29)(H,21,22,23,24). The highest BCUT2D eigenvalue weighted by Gasteiger charge is 2.18. The van der Waals surface area contributed by atoms with E-state index in [4.69, 9.17) is 5.73 Å². The molecular formula is C19H19N9O. The number of hydrogen-bond acceptors (Lipinski definition) is 8. The minimum Gasteiger partial charge on any atom is -0.364 e. The third-order valence-electron chi connectivity index (χ3n) is 4.22. The molecule has 4 aromatic rings. The maximum absolute atomic E-state index is 11.7. The number of fused-ring (bicyclic) bond motifs is 1. The van der Waals surface area contributed by atoms with Gasteiger partial charge >= 0.3 is 0 Å². The molecule has 0 saturated carbocycles. The average molecular weight is 389 g/mol. The third-order valence-corrected chi connectivity index (χ3v) is 4.22. The van der Waals surface area contributed by atoms with Gasteiger partial charge in [0.25, 0.3) is 5.91 Å². The largest absolute Gasteiger partial charge is 0.364 e. The molecule has 10 nitrogen and oxygen atoms in total. The van der Waals surface area contributed by atoms with Crippen molar-refractivity contribution in [1.82, 2.24) is 29.8 Å². The fraction of sp³-hybridized carbons (Fsp3) is 0.158. The number of aromatic nitrogens is 6. The Morgan fingerprint density at radius 1 is 1.07 bits per heavy atom. The molecule has 3 heterocycles. The van der Waals surface area contributed by atoms with Crippen molar-refractivity contribution in [1.29, 1.82) is 0 Å². The lowest BCUT2D eigenvalue weighted by molar-refractivity contribution is 0.0993. The van der Waals surface area contributed by atoms with Crippen molar-refractivity contribution in [3.05, 3.63) is 59.8 Å². The van der Waals surface area contributed by atoms with Crippen LogP contribution in [0.25, 0.3) is 17.0 Å². The second-order valence-electron chi connectivity index (χ2n) is 6.53. The predicted octanol–water partition coefficient (Wildman–Crippen LogP) is 1.36. The first-order chi connectivity index (χ1) is 14.0. The summed E-state index contributed by atoms with van der Waals surface area (Å²) in [6, 6.07) is 15.0. The first kappa shape index (κ1) is 18.3. The van der Waals surface area contributed by atoms with E-state index in [9.17, 15) is 4.79 Å². The summed E-state index contributed by atoms with van der Waals surface area (Å²) in [6.07, 6.45) is 0. The molecule has 0 radical (unpaired) electrons. The highest BCUT2D eigenvalue weighted by Crippen LogP contribution is 2.22. The van der Waals surface area contributed by atoms with E-state index >= 15 is 0 Å². The number of nitrogens with zero attached hydrogens (tertiary/aromatic N) is 7. The number of pyridine rings is 1. The number of nitrogens with one attached hydrogen (secondary N) is 1. The zero-order valence-electron chi connectivity index (χ0n) is 15.9. The fourth-order valence-electron chi connectivity index (χ4n) is 2.79. The van der Waals surface area contributed by atoms with E-state index in [0.29, 0.717) is 35.5 Å². The van der Waals surface area contributed by atoms with Crippen LogP contribution in [0.5, 0.6) is 0 Å². The Bertz CT molecular complexity index is 1170. The molecule has 0 saturated heterocycles. The molecule has 29 heavy (non-hydrogen) atoms. The molecule has 146 valence electrons. The smallest absolute Gasteiger partial charge is 0.267 e. The van der Waals surface area contributed by atoms with Crippen LogP contribution in [0.2, 0.25) is 0 Å². The third kappa shape index (κ3) is 3.68. The van der Waals surface area contributed by atoms with Gasteiger partial charge in [-0.15, -0.1) is 5.10 Å². The topological polar surface area (TPSA) is 127 Å². The van der Waals surface area contributed by atoms with Crippen molar-refractivity contribution in [2.24, 2.45) is 5.73 Å². The van der Waals surface area contributed by atoms with E-state index in [1.165, 1.54) is 4.52 Å². The molecule has 0 aliphatic rings. The number of anilines is 2. The molecule has 3 aromatic heterocycles. The van der Waals surface area contributed by atoms with E-state index in [1.54, 1.807) is 23.1 Å². The summed E-state index contributed by atoms with van der Waals surface area (Å²) in [5.41, 5.74) is 7.76. The number of primary amides is 1. The van der Waals surface area contributed by atoms with E-state index in [2.05, 4.69) is 30.6 Å². The summed E-state index contributed by atoms with van der Waals surface area (Å²) < 4.78 is 1.38. The van der Waals surface area contributed by atoms with Crippen LogP contribution in [0, 0.1) is 0 Å². The fourth-order valence-corrected chi connectivity index (χ4v) is 2.79. The predicted molar refractivity (Wildman–Crippen MR) is 108 cm³/mol. The second-order valence-corrected chi connectivity index (χ2v) is 6.53. The van der Waals surface area contributed by atoms with Crippen molar-refractivity contribution in [3.8, 4) is 11.5 Å². The molecule has 0 unspecified atom stereocenters. The number of carbonyl (C=O) groups excluding carboxylic acids is 1. The highest BCUT2D eigenvalue weighted by atomic mass is 16.1. The molecule has 0 atom stereocenters. The zero-order valence-corrected chi connectivity index (χ0v) is 15.9. The Kier molecular flexibility index (Phi) is 4.73. The number of amides is 1. The Balaban J connectivity index is 1.75.